The lowest BCUT2D eigenvalue weighted by molar-refractivity contribution is -0.308. The Morgan fingerprint density at radius 2 is 1.71 bits per heavy atom. The summed E-state index contributed by atoms with van der Waals surface area (Å²) in [5.41, 5.74) is 4.28. The average molecular weight is 920 g/mol. The number of carbonyl (C=O) groups is 1. The quantitative estimate of drug-likeness (QED) is 0.133. The lowest BCUT2D eigenvalue weighted by Crippen LogP contribution is -2.59. The highest BCUT2D eigenvalue weighted by atomic mass is 16.7. The van der Waals surface area contributed by atoms with E-state index in [9.17, 15) is 30.3 Å². The third-order valence-electron chi connectivity index (χ3n) is 14.4. The first-order valence-corrected chi connectivity index (χ1v) is 24.0. The summed E-state index contributed by atoms with van der Waals surface area (Å²) in [7, 11) is 3.95. The van der Waals surface area contributed by atoms with E-state index in [0.717, 1.165) is 24.2 Å². The van der Waals surface area contributed by atoms with Gasteiger partial charge in [-0.15, -0.1) is 0 Å². The number of aliphatic hydroxyl groups excluding tert-OH is 3. The summed E-state index contributed by atoms with van der Waals surface area (Å²) in [5, 5.41) is 60.2. The number of aryl methyl sites for hydroxylation is 1. The molecule has 0 spiro atoms. The lowest BCUT2D eigenvalue weighted by atomic mass is 9.77. The van der Waals surface area contributed by atoms with Crippen molar-refractivity contribution in [3.8, 4) is 0 Å². The summed E-state index contributed by atoms with van der Waals surface area (Å²) in [4.78, 5) is 18.6. The van der Waals surface area contributed by atoms with Crippen LogP contribution in [-0.4, -0.2) is 154 Å². The molecule has 3 saturated heterocycles. The summed E-state index contributed by atoms with van der Waals surface area (Å²) in [6.07, 6.45) is -1.39. The second kappa shape index (κ2) is 24.1. The molecular weight excluding hydrogens is 833 g/mol. The van der Waals surface area contributed by atoms with Gasteiger partial charge in [0.05, 0.1) is 48.7 Å². The van der Waals surface area contributed by atoms with E-state index in [1.807, 2.05) is 52.8 Å². The van der Waals surface area contributed by atoms with Crippen molar-refractivity contribution in [3.63, 3.8) is 0 Å². The molecule has 15 nitrogen and oxygen atoms in total. The largest absolute Gasteiger partial charge is 0.467 e. The Kier molecular flexibility index (Phi) is 20.3. The van der Waals surface area contributed by atoms with Crippen LogP contribution in [0.3, 0.4) is 0 Å². The second-order valence-electron chi connectivity index (χ2n) is 20.6. The van der Waals surface area contributed by atoms with Crippen LogP contribution in [0.25, 0.3) is 0 Å². The first-order chi connectivity index (χ1) is 30.4. The number of hydrogen-bond acceptors (Lipinski definition) is 14. The van der Waals surface area contributed by atoms with Gasteiger partial charge in [0, 0.05) is 50.4 Å². The molecular formula is C50H87N4O11+. The third-order valence-corrected chi connectivity index (χ3v) is 14.4. The number of quaternary nitrogens is 1. The number of nitrogens with zero attached hydrogens (tertiary/aromatic N) is 2. The van der Waals surface area contributed by atoms with Crippen LogP contribution in [0, 0.1) is 30.6 Å². The van der Waals surface area contributed by atoms with Crippen LogP contribution in [0.5, 0.6) is 0 Å². The van der Waals surface area contributed by atoms with Gasteiger partial charge in [-0.1, -0.05) is 64.1 Å². The molecule has 3 aliphatic heterocycles. The van der Waals surface area contributed by atoms with E-state index < -0.39 is 78.1 Å². The van der Waals surface area contributed by atoms with Crippen LogP contribution in [-0.2, 0) is 34.9 Å². The highest BCUT2D eigenvalue weighted by Gasteiger charge is 2.50. The molecule has 0 amide bonds. The highest BCUT2D eigenvalue weighted by Crippen LogP contribution is 2.39. The minimum Gasteiger partial charge on any atom is -0.467 e. The minimum atomic E-state index is -1.79. The number of rotatable bonds is 14. The van der Waals surface area contributed by atoms with E-state index in [4.69, 9.17) is 23.7 Å². The first-order valence-electron chi connectivity index (χ1n) is 24.0. The van der Waals surface area contributed by atoms with Crippen molar-refractivity contribution in [1.29, 1.82) is 0 Å². The number of nitrogens with one attached hydrogen (secondary N) is 1. The fourth-order valence-electron chi connectivity index (χ4n) is 10.1. The summed E-state index contributed by atoms with van der Waals surface area (Å²) in [5.74, 6) is -2.46. The van der Waals surface area contributed by atoms with E-state index in [1.54, 1.807) is 20.8 Å². The van der Waals surface area contributed by atoms with Crippen LogP contribution < -0.4 is 11.1 Å². The van der Waals surface area contributed by atoms with E-state index in [1.165, 1.54) is 12.5 Å². The number of hydrogen-bond donors (Lipinski definition) is 7. The third kappa shape index (κ3) is 14.9. The molecule has 3 heterocycles. The van der Waals surface area contributed by atoms with E-state index in [-0.39, 0.29) is 55.2 Å². The van der Waals surface area contributed by atoms with Gasteiger partial charge in [-0.05, 0) is 98.7 Å². The number of likely N-dealkylation sites (N-methyl/N-ethyl adjacent to an activating group) is 1. The van der Waals surface area contributed by atoms with Crippen molar-refractivity contribution < 1.29 is 59.7 Å². The zero-order valence-electron chi connectivity index (χ0n) is 41.6. The molecule has 0 radical (unpaired) electrons. The molecule has 9 N–H and O–H groups in total. The highest BCUT2D eigenvalue weighted by molar-refractivity contribution is 5.73. The molecule has 0 aliphatic carbocycles. The normalized spacial score (nSPS) is 39.2. The van der Waals surface area contributed by atoms with Gasteiger partial charge in [0.15, 0.2) is 12.6 Å². The predicted molar refractivity (Wildman–Crippen MR) is 250 cm³/mol. The molecule has 4 rings (SSSR count). The molecule has 1 aromatic carbocycles. The molecule has 0 aromatic heterocycles. The summed E-state index contributed by atoms with van der Waals surface area (Å²) in [6.45, 7) is 23.6. The van der Waals surface area contributed by atoms with Crippen molar-refractivity contribution in [1.82, 2.24) is 15.1 Å². The van der Waals surface area contributed by atoms with E-state index in [0.29, 0.717) is 32.2 Å². The Bertz CT molecular complexity index is 1680. The van der Waals surface area contributed by atoms with Crippen molar-refractivity contribution in [2.75, 3.05) is 33.8 Å². The summed E-state index contributed by atoms with van der Waals surface area (Å²) < 4.78 is 32.4. The van der Waals surface area contributed by atoms with Crippen LogP contribution in [0.1, 0.15) is 112 Å². The molecule has 3 aliphatic rings. The zero-order valence-corrected chi connectivity index (χ0v) is 41.6. The lowest BCUT2D eigenvalue weighted by Gasteiger charge is -2.46. The monoisotopic (exact) mass is 920 g/mol. The Morgan fingerprint density at radius 3 is 2.32 bits per heavy atom. The van der Waals surface area contributed by atoms with E-state index >= 15 is 0 Å². The maximum absolute atomic E-state index is 14.3. The van der Waals surface area contributed by atoms with Gasteiger partial charge in [-0.25, -0.2) is 0 Å². The molecule has 17 atom stereocenters. The van der Waals surface area contributed by atoms with E-state index in [2.05, 4.69) is 60.8 Å². The Balaban J connectivity index is 1.61. The number of carbonyl (C=O) groups excluding carboxylic acids is 1. The van der Waals surface area contributed by atoms with Crippen LogP contribution in [0.2, 0.25) is 0 Å². The SMILES string of the molecule is C=C1O[C@@H](O[C@H]2[C@H](C)[C@@H](O[C@H]3C[C@@H](N(C)CC/C([NH3+])=C/N[C@H](CO)Cc4ccc(C)cc4)C[C@@H](C)O3)[C@](C)(O)C[C@@H](C)CN(C)[C@H](C)[C@@H](O)[C@](C)(O)[C@@H](CC)OC(=O)[C@@H]2C)C[C@H](C)[C@H]1O. The maximum Gasteiger partial charge on any atom is 0.311 e. The average Bonchev–Trinajstić information content (AvgIpc) is 3.24. The zero-order chi connectivity index (χ0) is 48.6. The number of aliphatic hydroxyl groups is 5. The molecule has 15 heteroatoms. The van der Waals surface area contributed by atoms with Gasteiger partial charge >= 0.3 is 5.97 Å². The first kappa shape index (κ1) is 54.9. The van der Waals surface area contributed by atoms with Crippen LogP contribution >= 0.6 is 0 Å². The Labute approximate surface area is 389 Å². The van der Waals surface area contributed by atoms with Crippen molar-refractivity contribution >= 4 is 5.97 Å². The molecule has 0 unspecified atom stereocenters. The Hall–Kier alpha value is -2.67. The fraction of sp³-hybridized carbons (Fsp3) is 0.780. The molecule has 0 bridgehead atoms. The van der Waals surface area contributed by atoms with Gasteiger partial charge in [0.25, 0.3) is 0 Å². The topological polar surface area (TPSA) is 211 Å². The second-order valence-corrected chi connectivity index (χ2v) is 20.6. The van der Waals surface area contributed by atoms with Gasteiger partial charge in [-0.2, -0.15) is 0 Å². The summed E-state index contributed by atoms with van der Waals surface area (Å²) in [6, 6.07) is 7.74. The Morgan fingerprint density at radius 1 is 1.05 bits per heavy atom. The number of ether oxygens (including phenoxy) is 5. The van der Waals surface area contributed by atoms with Gasteiger partial charge in [0.2, 0.25) is 0 Å². The van der Waals surface area contributed by atoms with Crippen LogP contribution in [0.15, 0.2) is 48.5 Å². The maximum atomic E-state index is 14.3. The molecule has 1 aromatic rings. The predicted octanol–water partition coefficient (Wildman–Crippen LogP) is 3.63. The van der Waals surface area contributed by atoms with Crippen molar-refractivity contribution in [3.05, 3.63) is 59.6 Å². The minimum absolute atomic E-state index is 0.00342. The molecule has 65 heavy (non-hydrogen) atoms. The fourth-order valence-corrected chi connectivity index (χ4v) is 10.1. The van der Waals surface area contributed by atoms with Crippen molar-refractivity contribution in [2.24, 2.45) is 23.7 Å². The van der Waals surface area contributed by atoms with Gasteiger partial charge in [-0.3, -0.25) is 4.79 Å². The standard InChI is InChI=1S/C50H86N4O11/c1-14-41-50(11,60)46(57)35(8)54(13)27-30(3)25-49(10,59)47(33(6)45(34(7)48(58)63-41)64-42-21-31(4)44(56)36(9)62-42)65-43-24-40(22-32(5)61-43)53(12)20-19-38(51)26-52-39(28-55)23-37-17-15-29(2)16-18-37/h15-18,26,30-35,39-47,52,55-57,59-60H,9,14,19-25,27-28,51H2,1-8,10-13H3/p+1/b38-26-/t30-,31+,32-,33+,34-,35-,39+,40+,41-,42+,43+,44-,45+,46-,47-,49-,50-/m1/s1. The number of cyclic esters (lactones) is 1. The molecule has 0 saturated carbocycles. The van der Waals surface area contributed by atoms with Gasteiger partial charge < -0.3 is 70.1 Å². The van der Waals surface area contributed by atoms with Crippen molar-refractivity contribution in [2.45, 2.75) is 193 Å². The number of esters is 1. The molecule has 372 valence electrons. The van der Waals surface area contributed by atoms with Crippen LogP contribution in [0.4, 0.5) is 0 Å². The number of benzene rings is 1. The van der Waals surface area contributed by atoms with Gasteiger partial charge in [0.1, 0.15) is 35.4 Å². The summed E-state index contributed by atoms with van der Waals surface area (Å²) >= 11 is 0. The smallest absolute Gasteiger partial charge is 0.311 e. The molecule has 3 fully saturated rings.